The third-order valence-electron chi connectivity index (χ3n) is 13.1. The van der Waals surface area contributed by atoms with Gasteiger partial charge in [0.15, 0.2) is 0 Å². The molecular weight excluding hydrogens is 737 g/mol. The molecule has 2 heteroatoms. The van der Waals surface area contributed by atoms with Gasteiger partial charge in [0.25, 0.3) is 0 Å². The molecule has 0 spiro atoms. The summed E-state index contributed by atoms with van der Waals surface area (Å²) >= 11 is 0. The average Bonchev–Trinajstić information content (AvgIpc) is 3.60. The van der Waals surface area contributed by atoms with Crippen molar-refractivity contribution in [2.45, 2.75) is 70.6 Å². The van der Waals surface area contributed by atoms with Crippen LogP contribution in [0, 0.1) is 20.8 Å². The number of aryl methyl sites for hydroxylation is 3. The van der Waals surface area contributed by atoms with E-state index in [-0.39, 0.29) is 11.8 Å². The summed E-state index contributed by atoms with van der Waals surface area (Å²) < 4.78 is 0. The van der Waals surface area contributed by atoms with Gasteiger partial charge in [0, 0.05) is 28.3 Å². The van der Waals surface area contributed by atoms with Crippen LogP contribution < -0.4 is 0 Å². The summed E-state index contributed by atoms with van der Waals surface area (Å²) in [5, 5.41) is 2.44. The number of rotatable bonds is 9. The predicted molar refractivity (Wildman–Crippen MR) is 257 cm³/mol. The van der Waals surface area contributed by atoms with Gasteiger partial charge < -0.3 is 0 Å². The molecule has 0 saturated heterocycles. The first kappa shape index (κ1) is 38.6. The lowest BCUT2D eigenvalue weighted by Crippen LogP contribution is -2.14. The summed E-state index contributed by atoms with van der Waals surface area (Å²) in [5.41, 5.74) is 18.8. The lowest BCUT2D eigenvalue weighted by molar-refractivity contribution is 0.444. The summed E-state index contributed by atoms with van der Waals surface area (Å²) in [6.07, 6.45) is 6.30. The SMILES string of the molecule is Cc1cc(C)c(N=C2C(=Nc3c(C(c4ccccc4)c4ccccc4)cc(C)cc3C(c3ccccc3)c3ccccc3)c3cccc4cccc2c34)c(C2CCCCC2)c1. The van der Waals surface area contributed by atoms with Gasteiger partial charge in [-0.05, 0) is 89.4 Å². The Morgan fingerprint density at radius 3 is 1.31 bits per heavy atom. The molecule has 1 fully saturated rings. The molecule has 2 aliphatic carbocycles. The number of aliphatic imine (C=N–C) groups is 2. The van der Waals surface area contributed by atoms with Crippen molar-refractivity contribution in [3.8, 4) is 0 Å². The van der Waals surface area contributed by atoms with E-state index in [9.17, 15) is 0 Å². The van der Waals surface area contributed by atoms with Gasteiger partial charge in [-0.15, -0.1) is 0 Å². The second-order valence-electron chi connectivity index (χ2n) is 17.3. The van der Waals surface area contributed by atoms with Crippen LogP contribution in [0.25, 0.3) is 10.8 Å². The molecule has 0 bridgehead atoms. The van der Waals surface area contributed by atoms with Gasteiger partial charge in [0.1, 0.15) is 0 Å². The Bertz CT molecular complexity index is 2710. The maximum absolute atomic E-state index is 6.14. The Morgan fingerprint density at radius 2 is 0.852 bits per heavy atom. The molecule has 8 aromatic rings. The van der Waals surface area contributed by atoms with E-state index in [0.29, 0.717) is 5.92 Å². The zero-order valence-electron chi connectivity index (χ0n) is 35.5. The lowest BCUT2D eigenvalue weighted by Gasteiger charge is -2.27. The van der Waals surface area contributed by atoms with Crippen LogP contribution >= 0.6 is 0 Å². The fourth-order valence-electron chi connectivity index (χ4n) is 10.4. The summed E-state index contributed by atoms with van der Waals surface area (Å²) in [5.74, 6) is 0.381. The van der Waals surface area contributed by atoms with E-state index in [1.54, 1.807) is 0 Å². The molecule has 0 amide bonds. The van der Waals surface area contributed by atoms with E-state index in [1.807, 2.05) is 0 Å². The van der Waals surface area contributed by atoms with Crippen LogP contribution in [0.1, 0.15) is 117 Å². The molecule has 0 aromatic heterocycles. The Morgan fingerprint density at radius 1 is 0.426 bits per heavy atom. The van der Waals surface area contributed by atoms with Crippen molar-refractivity contribution in [3.63, 3.8) is 0 Å². The van der Waals surface area contributed by atoms with Crippen LogP contribution in [0.3, 0.4) is 0 Å². The summed E-state index contributed by atoms with van der Waals surface area (Å²) in [6.45, 7) is 6.74. The molecule has 298 valence electrons. The van der Waals surface area contributed by atoms with Crippen molar-refractivity contribution < 1.29 is 0 Å². The Labute approximate surface area is 361 Å². The number of hydrogen-bond donors (Lipinski definition) is 0. The molecule has 10 rings (SSSR count). The molecule has 0 radical (unpaired) electrons. The maximum atomic E-state index is 6.14. The molecule has 0 heterocycles. The number of nitrogens with zero attached hydrogens (tertiary/aromatic N) is 2. The average molecular weight is 789 g/mol. The molecule has 2 nitrogen and oxygen atoms in total. The molecule has 61 heavy (non-hydrogen) atoms. The van der Waals surface area contributed by atoms with Crippen molar-refractivity contribution in [1.82, 2.24) is 0 Å². The molecule has 0 N–H and O–H groups in total. The van der Waals surface area contributed by atoms with Gasteiger partial charge in [-0.2, -0.15) is 0 Å². The van der Waals surface area contributed by atoms with Gasteiger partial charge in [0.2, 0.25) is 0 Å². The van der Waals surface area contributed by atoms with E-state index < -0.39 is 0 Å². The van der Waals surface area contributed by atoms with E-state index in [0.717, 1.165) is 33.9 Å². The van der Waals surface area contributed by atoms with E-state index >= 15 is 0 Å². The third-order valence-corrected chi connectivity index (χ3v) is 13.1. The van der Waals surface area contributed by atoms with E-state index in [4.69, 9.17) is 9.98 Å². The van der Waals surface area contributed by atoms with Crippen molar-refractivity contribution in [3.05, 3.63) is 249 Å². The summed E-state index contributed by atoms with van der Waals surface area (Å²) in [7, 11) is 0. The highest BCUT2D eigenvalue weighted by atomic mass is 14.9. The topological polar surface area (TPSA) is 24.7 Å². The van der Waals surface area contributed by atoms with Crippen LogP contribution in [0.2, 0.25) is 0 Å². The fourth-order valence-corrected chi connectivity index (χ4v) is 10.4. The zero-order valence-corrected chi connectivity index (χ0v) is 35.5. The van der Waals surface area contributed by atoms with E-state index in [2.05, 4.69) is 203 Å². The van der Waals surface area contributed by atoms with Gasteiger partial charge in [-0.25, -0.2) is 9.98 Å². The lowest BCUT2D eigenvalue weighted by atomic mass is 9.78. The maximum Gasteiger partial charge on any atom is 0.0979 e. The van der Waals surface area contributed by atoms with E-state index in [1.165, 1.54) is 98.5 Å². The summed E-state index contributed by atoms with van der Waals surface area (Å²) in [6, 6.07) is 66.9. The zero-order chi connectivity index (χ0) is 41.3. The number of hydrogen-bond acceptors (Lipinski definition) is 2. The minimum Gasteiger partial charge on any atom is -0.246 e. The number of benzene rings is 8. The minimum atomic E-state index is -0.0650. The van der Waals surface area contributed by atoms with Crippen molar-refractivity contribution >= 4 is 33.6 Å². The van der Waals surface area contributed by atoms with Crippen LogP contribution in [-0.2, 0) is 0 Å². The minimum absolute atomic E-state index is 0.0650. The molecule has 1 saturated carbocycles. The standard InChI is InChI=1S/C59H52N2/c1-39-35-41(3)56(50(36-39)42-21-9-4-10-22-42)60-58-48-33-19-31-47-32-20-34-49(55(47)48)59(58)61-57-51(53(43-23-11-5-12-24-43)44-25-13-6-14-26-44)37-40(2)38-52(57)54(45-27-15-7-16-28-45)46-29-17-8-18-30-46/h5-8,11-20,23-38,42,53-54H,4,9-10,21-22H2,1-3H3. The van der Waals surface area contributed by atoms with Crippen LogP contribution in [0.4, 0.5) is 11.4 Å². The fraction of sp³-hybridized carbons (Fsp3) is 0.186. The Kier molecular flexibility index (Phi) is 10.6. The molecule has 0 aliphatic heterocycles. The van der Waals surface area contributed by atoms with Crippen LogP contribution in [-0.4, -0.2) is 11.4 Å². The Hall–Kier alpha value is -6.64. The largest absolute Gasteiger partial charge is 0.246 e. The highest BCUT2D eigenvalue weighted by Gasteiger charge is 2.32. The highest BCUT2D eigenvalue weighted by molar-refractivity contribution is 6.61. The second-order valence-corrected chi connectivity index (χ2v) is 17.3. The summed E-state index contributed by atoms with van der Waals surface area (Å²) in [4.78, 5) is 12.0. The first-order chi connectivity index (χ1) is 30.0. The van der Waals surface area contributed by atoms with Crippen LogP contribution in [0.15, 0.2) is 192 Å². The van der Waals surface area contributed by atoms with Crippen molar-refractivity contribution in [2.75, 3.05) is 0 Å². The van der Waals surface area contributed by atoms with Gasteiger partial charge in [0.05, 0.1) is 22.8 Å². The smallest absolute Gasteiger partial charge is 0.0979 e. The van der Waals surface area contributed by atoms with Gasteiger partial charge >= 0.3 is 0 Å². The van der Waals surface area contributed by atoms with Crippen molar-refractivity contribution in [1.29, 1.82) is 0 Å². The van der Waals surface area contributed by atoms with Crippen LogP contribution in [0.5, 0.6) is 0 Å². The second kappa shape index (κ2) is 16.8. The molecule has 2 aliphatic rings. The molecule has 0 unspecified atom stereocenters. The molecule has 0 atom stereocenters. The Balaban J connectivity index is 1.31. The normalized spacial score (nSPS) is 15.4. The molecule has 8 aromatic carbocycles. The first-order valence-corrected chi connectivity index (χ1v) is 22.2. The quantitative estimate of drug-likeness (QED) is 0.130. The third kappa shape index (κ3) is 7.46. The first-order valence-electron chi connectivity index (χ1n) is 22.2. The molecular formula is C59H52N2. The van der Waals surface area contributed by atoms with Crippen molar-refractivity contribution in [2.24, 2.45) is 9.98 Å². The highest BCUT2D eigenvalue weighted by Crippen LogP contribution is 2.47. The monoisotopic (exact) mass is 788 g/mol. The predicted octanol–water partition coefficient (Wildman–Crippen LogP) is 15.4. The van der Waals surface area contributed by atoms with Gasteiger partial charge in [-0.3, -0.25) is 0 Å². The van der Waals surface area contributed by atoms with Gasteiger partial charge in [-0.1, -0.05) is 212 Å².